The molecule has 0 aromatic heterocycles. The Morgan fingerprint density at radius 1 is 1.30 bits per heavy atom. The molecule has 1 aromatic carbocycles. The van der Waals surface area contributed by atoms with Gasteiger partial charge in [0.05, 0.1) is 12.8 Å². The van der Waals surface area contributed by atoms with Crippen LogP contribution >= 0.6 is 0 Å². The number of amides is 1. The lowest BCUT2D eigenvalue weighted by atomic mass is 9.96. The predicted octanol–water partition coefficient (Wildman–Crippen LogP) is 3.58. The summed E-state index contributed by atoms with van der Waals surface area (Å²) >= 11 is 0. The monoisotopic (exact) mass is 276 g/mol. The molecule has 1 aliphatic rings. The van der Waals surface area contributed by atoms with Gasteiger partial charge in [0.2, 0.25) is 5.91 Å². The van der Waals surface area contributed by atoms with Crippen molar-refractivity contribution in [2.75, 3.05) is 18.2 Å². The van der Waals surface area contributed by atoms with Crippen LogP contribution in [0.4, 0.5) is 11.4 Å². The van der Waals surface area contributed by atoms with Crippen molar-refractivity contribution in [3.8, 4) is 5.75 Å². The van der Waals surface area contributed by atoms with Crippen molar-refractivity contribution in [3.05, 3.63) is 18.2 Å². The molecule has 0 atom stereocenters. The van der Waals surface area contributed by atoms with Crippen LogP contribution in [0, 0.1) is 5.92 Å². The number of nitrogens with one attached hydrogen (secondary N) is 1. The van der Waals surface area contributed by atoms with Crippen LogP contribution in [0.25, 0.3) is 0 Å². The molecule has 1 amide bonds. The summed E-state index contributed by atoms with van der Waals surface area (Å²) in [5.41, 5.74) is 7.04. The number of anilines is 2. The number of hydrogen-bond donors (Lipinski definition) is 2. The highest BCUT2D eigenvalue weighted by Gasteiger charge is 2.17. The summed E-state index contributed by atoms with van der Waals surface area (Å²) < 4.78 is 5.24. The number of nitrogens with two attached hydrogens (primary N) is 1. The van der Waals surface area contributed by atoms with Crippen LogP contribution in [0.15, 0.2) is 18.2 Å². The fourth-order valence-corrected chi connectivity index (χ4v) is 2.85. The van der Waals surface area contributed by atoms with Gasteiger partial charge in [0, 0.05) is 12.1 Å². The van der Waals surface area contributed by atoms with Gasteiger partial charge in [-0.3, -0.25) is 4.79 Å². The van der Waals surface area contributed by atoms with Crippen molar-refractivity contribution in [1.82, 2.24) is 0 Å². The van der Waals surface area contributed by atoms with Gasteiger partial charge in [0.1, 0.15) is 5.75 Å². The van der Waals surface area contributed by atoms with E-state index in [1.807, 2.05) is 0 Å². The van der Waals surface area contributed by atoms with Crippen LogP contribution < -0.4 is 15.8 Å². The predicted molar refractivity (Wildman–Crippen MR) is 81.8 cm³/mol. The van der Waals surface area contributed by atoms with Crippen LogP contribution in [-0.2, 0) is 4.79 Å². The Hall–Kier alpha value is -1.71. The maximum atomic E-state index is 12.2. The first-order valence-corrected chi connectivity index (χ1v) is 7.42. The number of hydrogen-bond acceptors (Lipinski definition) is 3. The molecule has 0 unspecified atom stereocenters. The van der Waals surface area contributed by atoms with E-state index < -0.39 is 0 Å². The Kier molecular flexibility index (Phi) is 5.27. The van der Waals surface area contributed by atoms with Crippen LogP contribution in [-0.4, -0.2) is 13.0 Å². The highest BCUT2D eigenvalue weighted by atomic mass is 16.5. The SMILES string of the molecule is COc1ccc(N)cc1NC(=O)CC1CCCCCC1. The maximum Gasteiger partial charge on any atom is 0.224 e. The van der Waals surface area contributed by atoms with Crippen molar-refractivity contribution < 1.29 is 9.53 Å². The molecule has 0 heterocycles. The van der Waals surface area contributed by atoms with Gasteiger partial charge in [-0.15, -0.1) is 0 Å². The first-order chi connectivity index (χ1) is 9.69. The standard InChI is InChI=1S/C16H24N2O2/c1-20-15-9-8-13(17)11-14(15)18-16(19)10-12-6-4-2-3-5-7-12/h8-9,11-12H,2-7,10,17H2,1H3,(H,18,19). The third-order valence-electron chi connectivity index (χ3n) is 3.95. The Balaban J connectivity index is 1.95. The molecule has 110 valence electrons. The van der Waals surface area contributed by atoms with E-state index in [9.17, 15) is 4.79 Å². The second kappa shape index (κ2) is 7.17. The smallest absolute Gasteiger partial charge is 0.224 e. The lowest BCUT2D eigenvalue weighted by molar-refractivity contribution is -0.117. The van der Waals surface area contributed by atoms with Crippen LogP contribution in [0.3, 0.4) is 0 Å². The normalized spacial score (nSPS) is 16.4. The number of carbonyl (C=O) groups excluding carboxylic acids is 1. The summed E-state index contributed by atoms with van der Waals surface area (Å²) in [6.45, 7) is 0. The van der Waals surface area contributed by atoms with Gasteiger partial charge in [0.15, 0.2) is 0 Å². The molecule has 0 radical (unpaired) electrons. The molecular formula is C16H24N2O2. The molecule has 3 N–H and O–H groups in total. The number of benzene rings is 1. The van der Waals surface area contributed by atoms with Crippen molar-refractivity contribution in [1.29, 1.82) is 0 Å². The molecule has 4 heteroatoms. The molecule has 0 spiro atoms. The third-order valence-corrected chi connectivity index (χ3v) is 3.95. The Morgan fingerprint density at radius 2 is 2.00 bits per heavy atom. The van der Waals surface area contributed by atoms with E-state index in [-0.39, 0.29) is 5.91 Å². The van der Waals surface area contributed by atoms with E-state index in [2.05, 4.69) is 5.32 Å². The lowest BCUT2D eigenvalue weighted by Gasteiger charge is -2.15. The molecule has 1 fully saturated rings. The van der Waals surface area contributed by atoms with Gasteiger partial charge in [-0.1, -0.05) is 25.7 Å². The second-order valence-corrected chi connectivity index (χ2v) is 5.57. The minimum atomic E-state index is 0.0563. The van der Waals surface area contributed by atoms with Crippen molar-refractivity contribution >= 4 is 17.3 Å². The van der Waals surface area contributed by atoms with Gasteiger partial charge in [-0.05, 0) is 37.0 Å². The van der Waals surface area contributed by atoms with E-state index in [1.165, 1.54) is 38.5 Å². The minimum Gasteiger partial charge on any atom is -0.495 e. The lowest BCUT2D eigenvalue weighted by Crippen LogP contribution is -2.17. The number of rotatable bonds is 4. The molecular weight excluding hydrogens is 252 g/mol. The summed E-state index contributed by atoms with van der Waals surface area (Å²) in [7, 11) is 1.59. The van der Waals surface area contributed by atoms with Crippen molar-refractivity contribution in [2.24, 2.45) is 5.92 Å². The summed E-state index contributed by atoms with van der Waals surface area (Å²) in [5.74, 6) is 1.22. The average molecular weight is 276 g/mol. The van der Waals surface area contributed by atoms with Crippen LogP contribution in [0.1, 0.15) is 44.9 Å². The quantitative estimate of drug-likeness (QED) is 0.652. The molecule has 1 saturated carbocycles. The van der Waals surface area contributed by atoms with E-state index in [4.69, 9.17) is 10.5 Å². The van der Waals surface area contributed by atoms with Crippen molar-refractivity contribution in [3.63, 3.8) is 0 Å². The van der Waals surface area contributed by atoms with Crippen LogP contribution in [0.2, 0.25) is 0 Å². The van der Waals surface area contributed by atoms with Gasteiger partial charge in [-0.25, -0.2) is 0 Å². The van der Waals surface area contributed by atoms with Gasteiger partial charge in [0.25, 0.3) is 0 Å². The molecule has 1 aliphatic carbocycles. The zero-order chi connectivity index (χ0) is 14.4. The number of methoxy groups -OCH3 is 1. The Bertz CT molecular complexity index is 452. The zero-order valence-electron chi connectivity index (χ0n) is 12.2. The largest absolute Gasteiger partial charge is 0.495 e. The molecule has 4 nitrogen and oxygen atoms in total. The molecule has 2 rings (SSSR count). The highest BCUT2D eigenvalue weighted by Crippen LogP contribution is 2.29. The van der Waals surface area contributed by atoms with Crippen molar-refractivity contribution in [2.45, 2.75) is 44.9 Å². The number of nitrogen functional groups attached to an aromatic ring is 1. The first-order valence-electron chi connectivity index (χ1n) is 7.42. The summed E-state index contributed by atoms with van der Waals surface area (Å²) in [5, 5.41) is 2.93. The molecule has 0 bridgehead atoms. The fourth-order valence-electron chi connectivity index (χ4n) is 2.85. The first kappa shape index (κ1) is 14.7. The second-order valence-electron chi connectivity index (χ2n) is 5.57. The van der Waals surface area contributed by atoms with E-state index in [1.54, 1.807) is 25.3 Å². The van der Waals surface area contributed by atoms with E-state index >= 15 is 0 Å². The van der Waals surface area contributed by atoms with Gasteiger partial charge < -0.3 is 15.8 Å². The summed E-state index contributed by atoms with van der Waals surface area (Å²) in [6, 6.07) is 5.28. The summed E-state index contributed by atoms with van der Waals surface area (Å²) in [4.78, 5) is 12.2. The molecule has 20 heavy (non-hydrogen) atoms. The molecule has 0 saturated heterocycles. The summed E-state index contributed by atoms with van der Waals surface area (Å²) in [6.07, 6.45) is 8.04. The Labute approximate surface area is 120 Å². The maximum absolute atomic E-state index is 12.2. The Morgan fingerprint density at radius 3 is 2.65 bits per heavy atom. The number of ether oxygens (including phenoxy) is 1. The van der Waals surface area contributed by atoms with E-state index in [0.29, 0.717) is 29.5 Å². The van der Waals surface area contributed by atoms with Gasteiger partial charge >= 0.3 is 0 Å². The average Bonchev–Trinajstić information content (AvgIpc) is 2.67. The molecule has 0 aliphatic heterocycles. The fraction of sp³-hybridized carbons (Fsp3) is 0.562. The number of carbonyl (C=O) groups is 1. The highest BCUT2D eigenvalue weighted by molar-refractivity contribution is 5.93. The van der Waals surface area contributed by atoms with Crippen LogP contribution in [0.5, 0.6) is 5.75 Å². The zero-order valence-corrected chi connectivity index (χ0v) is 12.2. The minimum absolute atomic E-state index is 0.0563. The topological polar surface area (TPSA) is 64.3 Å². The van der Waals surface area contributed by atoms with E-state index in [0.717, 1.165) is 0 Å². The molecule has 1 aromatic rings. The third kappa shape index (κ3) is 4.15. The van der Waals surface area contributed by atoms with Gasteiger partial charge in [-0.2, -0.15) is 0 Å².